The van der Waals surface area contributed by atoms with Gasteiger partial charge in [0.05, 0.1) is 39.8 Å². The Morgan fingerprint density at radius 3 is 1.32 bits per heavy atom. The summed E-state index contributed by atoms with van der Waals surface area (Å²) in [5.74, 6) is 5.53. The van der Waals surface area contributed by atoms with Gasteiger partial charge in [0.2, 0.25) is 0 Å². The Labute approximate surface area is 240 Å². The highest BCUT2D eigenvalue weighted by Crippen LogP contribution is 2.61. The van der Waals surface area contributed by atoms with Gasteiger partial charge in [0.15, 0.2) is 0 Å². The molecule has 0 N–H and O–H groups in total. The molecule has 3 aromatic carbocycles. The highest BCUT2D eigenvalue weighted by atomic mass is 14.9. The van der Waals surface area contributed by atoms with Gasteiger partial charge in [0, 0.05) is 21.5 Å². The van der Waals surface area contributed by atoms with Crippen LogP contribution in [-0.2, 0) is 0 Å². The highest BCUT2D eigenvalue weighted by Gasteiger charge is 2.46. The van der Waals surface area contributed by atoms with E-state index in [1.54, 1.807) is 0 Å². The summed E-state index contributed by atoms with van der Waals surface area (Å²) in [5, 5.41) is 26.8. The molecule has 4 fully saturated rings. The summed E-state index contributed by atoms with van der Waals surface area (Å²) in [4.78, 5) is 0. The molecule has 13 rings (SSSR count). The minimum Gasteiger partial charge on any atom is -0.308 e. The predicted octanol–water partition coefficient (Wildman–Crippen LogP) is 9.36. The summed E-state index contributed by atoms with van der Waals surface area (Å²) in [7, 11) is 0. The number of nitriles is 2. The zero-order valence-electron chi connectivity index (χ0n) is 23.4. The first-order valence-corrected chi connectivity index (χ1v) is 16.3. The number of hydrogen-bond donors (Lipinski definition) is 0. The van der Waals surface area contributed by atoms with E-state index in [2.05, 4.69) is 46.9 Å². The number of nitrogens with zero attached hydrogens (tertiary/aromatic N) is 3. The summed E-state index contributed by atoms with van der Waals surface area (Å²) in [5.41, 5.74) is 11.5. The fraction of sp³-hybridized carbons (Fsp3) is 0.474. The summed E-state index contributed by atoms with van der Waals surface area (Å²) in [6, 6.07) is 17.0. The molecule has 4 saturated carbocycles. The molecule has 0 spiro atoms. The number of hydrogen-bond acceptors (Lipinski definition) is 2. The second-order valence-corrected chi connectivity index (χ2v) is 15.2. The molecule has 0 radical (unpaired) electrons. The maximum atomic E-state index is 10.6. The van der Waals surface area contributed by atoms with Crippen LogP contribution in [0, 0.1) is 46.3 Å². The smallest absolute Gasteiger partial charge is 0.0995 e. The number of fused-ring (bicyclic) bond motifs is 6. The van der Waals surface area contributed by atoms with Crippen molar-refractivity contribution in [2.75, 3.05) is 0 Å². The lowest BCUT2D eigenvalue weighted by Gasteiger charge is -2.38. The summed E-state index contributed by atoms with van der Waals surface area (Å²) in [6.45, 7) is 0. The van der Waals surface area contributed by atoms with Crippen LogP contribution < -0.4 is 0 Å². The van der Waals surface area contributed by atoms with Crippen molar-refractivity contribution < 1.29 is 0 Å². The SMILES string of the molecule is N#Cc1cc2c(c3c1C1CC4CC(C1)CC3C4)c1cccc3c4c5c(c(C#N)cc4n2c13)C1CC2CC(C1)CC5C2. The molecule has 8 aliphatic carbocycles. The summed E-state index contributed by atoms with van der Waals surface area (Å²) in [6.07, 6.45) is 13.1. The molecule has 5 aromatic rings. The van der Waals surface area contributed by atoms with E-state index < -0.39 is 0 Å². The molecule has 200 valence electrons. The van der Waals surface area contributed by atoms with Gasteiger partial charge in [-0.1, -0.05) is 18.2 Å². The van der Waals surface area contributed by atoms with E-state index in [9.17, 15) is 10.5 Å². The zero-order valence-corrected chi connectivity index (χ0v) is 23.4. The van der Waals surface area contributed by atoms with Crippen LogP contribution in [0.3, 0.4) is 0 Å². The van der Waals surface area contributed by atoms with Crippen molar-refractivity contribution >= 4 is 38.1 Å². The quantitative estimate of drug-likeness (QED) is 0.200. The van der Waals surface area contributed by atoms with Gasteiger partial charge < -0.3 is 4.40 Å². The van der Waals surface area contributed by atoms with E-state index >= 15 is 0 Å². The van der Waals surface area contributed by atoms with Crippen LogP contribution in [-0.4, -0.2) is 4.40 Å². The number of benzene rings is 3. The molecule has 0 saturated heterocycles. The lowest BCUT2D eigenvalue weighted by Crippen LogP contribution is -2.25. The first-order chi connectivity index (χ1) is 20.2. The van der Waals surface area contributed by atoms with Crippen molar-refractivity contribution in [3.8, 4) is 12.1 Å². The minimum atomic E-state index is 0.545. The fourth-order valence-corrected chi connectivity index (χ4v) is 12.4. The van der Waals surface area contributed by atoms with Gasteiger partial charge in [-0.25, -0.2) is 0 Å². The first kappa shape index (κ1) is 22.1. The van der Waals surface area contributed by atoms with Gasteiger partial charge in [0.25, 0.3) is 0 Å². The van der Waals surface area contributed by atoms with Crippen molar-refractivity contribution in [3.63, 3.8) is 0 Å². The molecule has 2 aromatic heterocycles. The Kier molecular flexibility index (Phi) is 3.91. The lowest BCUT2D eigenvalue weighted by atomic mass is 9.67. The minimum absolute atomic E-state index is 0.545. The molecular formula is C38H33N3. The van der Waals surface area contributed by atoms with Crippen LogP contribution in [0.5, 0.6) is 0 Å². The Morgan fingerprint density at radius 2 is 0.927 bits per heavy atom. The van der Waals surface area contributed by atoms with Crippen LogP contribution in [0.2, 0.25) is 0 Å². The molecule has 8 aliphatic rings. The van der Waals surface area contributed by atoms with Crippen LogP contribution in [0.1, 0.15) is 121 Å². The topological polar surface area (TPSA) is 52.0 Å². The third-order valence-electron chi connectivity index (χ3n) is 13.2. The monoisotopic (exact) mass is 531 g/mol. The van der Waals surface area contributed by atoms with Gasteiger partial charge in [-0.3, -0.25) is 0 Å². The number of para-hydroxylation sites is 1. The average molecular weight is 532 g/mol. The van der Waals surface area contributed by atoms with Crippen molar-refractivity contribution in [3.05, 3.63) is 63.7 Å². The Bertz CT molecular complexity index is 1930. The normalized spacial score (nSPS) is 34.3. The summed E-state index contributed by atoms with van der Waals surface area (Å²) >= 11 is 0. The van der Waals surface area contributed by atoms with E-state index in [1.807, 2.05) is 0 Å². The molecule has 4 atom stereocenters. The van der Waals surface area contributed by atoms with Crippen molar-refractivity contribution in [2.24, 2.45) is 23.7 Å². The van der Waals surface area contributed by atoms with Gasteiger partial charge in [-0.2, -0.15) is 10.5 Å². The molecule has 0 amide bonds. The van der Waals surface area contributed by atoms with E-state index in [0.717, 1.165) is 34.8 Å². The van der Waals surface area contributed by atoms with Gasteiger partial charge in [-0.15, -0.1) is 0 Å². The van der Waals surface area contributed by atoms with Crippen molar-refractivity contribution in [1.29, 1.82) is 10.5 Å². The second kappa shape index (κ2) is 7.25. The number of rotatable bonds is 0. The largest absolute Gasteiger partial charge is 0.308 e. The Balaban J connectivity index is 1.33. The van der Waals surface area contributed by atoms with Crippen LogP contribution in [0.15, 0.2) is 30.3 Å². The van der Waals surface area contributed by atoms with Crippen molar-refractivity contribution in [2.45, 2.75) is 87.9 Å². The van der Waals surface area contributed by atoms with Gasteiger partial charge in [-0.05, 0) is 146 Å². The zero-order chi connectivity index (χ0) is 26.7. The average Bonchev–Trinajstić information content (AvgIpc) is 3.35. The van der Waals surface area contributed by atoms with E-state index in [1.165, 1.54) is 125 Å². The molecule has 0 aliphatic heterocycles. The van der Waals surface area contributed by atoms with Crippen LogP contribution in [0.25, 0.3) is 38.1 Å². The Morgan fingerprint density at radius 1 is 0.537 bits per heavy atom. The first-order valence-electron chi connectivity index (χ1n) is 16.3. The van der Waals surface area contributed by atoms with E-state index in [4.69, 9.17) is 0 Å². The second-order valence-electron chi connectivity index (χ2n) is 15.2. The van der Waals surface area contributed by atoms with Crippen molar-refractivity contribution in [1.82, 2.24) is 4.40 Å². The van der Waals surface area contributed by atoms with Gasteiger partial charge >= 0.3 is 0 Å². The van der Waals surface area contributed by atoms with Crippen LogP contribution in [0.4, 0.5) is 0 Å². The van der Waals surface area contributed by atoms with Gasteiger partial charge in [0.1, 0.15) is 0 Å². The standard InChI is InChI=1S/C38H33N3/c39-16-26-14-30-36(34-24-10-18-4-19(11-24)7-22(6-18)32(26)34)28-2-1-3-29-37-31(41(30)38(28)29)15-27(17-40)33-23-8-20-5-21(9-23)13-25(12-20)35(33)37/h1-3,14-15,18-25H,4-13H2. The van der Waals surface area contributed by atoms with E-state index in [-0.39, 0.29) is 0 Å². The van der Waals surface area contributed by atoms with E-state index in [0.29, 0.717) is 23.7 Å². The molecular weight excluding hydrogens is 498 g/mol. The highest BCUT2D eigenvalue weighted by molar-refractivity contribution is 6.25. The summed E-state index contributed by atoms with van der Waals surface area (Å²) < 4.78 is 2.50. The lowest BCUT2D eigenvalue weighted by molar-refractivity contribution is 0.166. The predicted molar refractivity (Wildman–Crippen MR) is 162 cm³/mol. The molecule has 4 unspecified atom stereocenters. The maximum Gasteiger partial charge on any atom is 0.0995 e. The Hall–Kier alpha value is -3.56. The van der Waals surface area contributed by atoms with Crippen LogP contribution >= 0.6 is 0 Å². The maximum absolute atomic E-state index is 10.6. The molecule has 3 nitrogen and oxygen atoms in total. The molecule has 41 heavy (non-hydrogen) atoms. The third-order valence-corrected chi connectivity index (χ3v) is 13.2. The molecule has 8 bridgehead atoms. The number of aromatic nitrogens is 1. The molecule has 3 heteroatoms. The molecule has 2 heterocycles. The fourth-order valence-electron chi connectivity index (χ4n) is 12.4. The third kappa shape index (κ3) is 2.54.